The van der Waals surface area contributed by atoms with Crippen molar-refractivity contribution < 1.29 is 32.9 Å². The highest BCUT2D eigenvalue weighted by Crippen LogP contribution is 2.26. The summed E-state index contributed by atoms with van der Waals surface area (Å²) in [5.41, 5.74) is 5.08. The summed E-state index contributed by atoms with van der Waals surface area (Å²) in [7, 11) is 0. The van der Waals surface area contributed by atoms with E-state index in [9.17, 15) is 23.1 Å². The van der Waals surface area contributed by atoms with Crippen molar-refractivity contribution >= 4 is 5.97 Å². The molecule has 5 nitrogen and oxygen atoms in total. The lowest BCUT2D eigenvalue weighted by atomic mass is 10.0. The van der Waals surface area contributed by atoms with Crippen LogP contribution in [0.1, 0.15) is 11.7 Å². The van der Waals surface area contributed by atoms with Gasteiger partial charge in [-0.2, -0.15) is 0 Å². The number of ether oxygens (including phenoxy) is 1. The fraction of sp³-hybridized carbons (Fsp3) is 0.300. The van der Waals surface area contributed by atoms with Crippen molar-refractivity contribution in [3.8, 4) is 5.75 Å². The summed E-state index contributed by atoms with van der Waals surface area (Å²) in [6.45, 7) is 0. The first-order valence-corrected chi connectivity index (χ1v) is 4.73. The number of carboxylic acids is 1. The van der Waals surface area contributed by atoms with E-state index in [4.69, 9.17) is 10.8 Å². The van der Waals surface area contributed by atoms with E-state index in [1.54, 1.807) is 0 Å². The number of halogens is 3. The van der Waals surface area contributed by atoms with E-state index >= 15 is 0 Å². The molecule has 0 spiro atoms. The normalized spacial score (nSPS) is 14.9. The minimum absolute atomic E-state index is 0.0772. The molecule has 1 aromatic carbocycles. The Balaban J connectivity index is 2.91. The van der Waals surface area contributed by atoms with Crippen molar-refractivity contribution in [2.75, 3.05) is 0 Å². The summed E-state index contributed by atoms with van der Waals surface area (Å²) in [5, 5.41) is 18.1. The predicted octanol–water partition coefficient (Wildman–Crippen LogP) is 1.03. The summed E-state index contributed by atoms with van der Waals surface area (Å²) >= 11 is 0. The molecule has 1 rings (SSSR count). The molecule has 2 unspecified atom stereocenters. The first-order chi connectivity index (χ1) is 8.20. The lowest BCUT2D eigenvalue weighted by molar-refractivity contribution is -0.274. The molecule has 0 bridgehead atoms. The Hall–Kier alpha value is -1.80. The maximum Gasteiger partial charge on any atom is 0.573 e. The number of hydrogen-bond donors (Lipinski definition) is 3. The first-order valence-electron chi connectivity index (χ1n) is 4.73. The topological polar surface area (TPSA) is 92.8 Å². The Kier molecular flexibility index (Phi) is 4.15. The van der Waals surface area contributed by atoms with Gasteiger partial charge in [0.15, 0.2) is 0 Å². The minimum atomic E-state index is -4.86. The highest BCUT2D eigenvalue weighted by molar-refractivity contribution is 5.74. The van der Waals surface area contributed by atoms with Crippen LogP contribution in [0.3, 0.4) is 0 Å². The van der Waals surface area contributed by atoms with E-state index in [0.29, 0.717) is 0 Å². The smallest absolute Gasteiger partial charge is 0.480 e. The number of nitrogens with two attached hydrogens (primary N) is 1. The minimum Gasteiger partial charge on any atom is -0.480 e. The maximum absolute atomic E-state index is 12.0. The Morgan fingerprint density at radius 1 is 1.39 bits per heavy atom. The molecule has 2 atom stereocenters. The average Bonchev–Trinajstić information content (AvgIpc) is 2.25. The molecule has 0 aliphatic heterocycles. The van der Waals surface area contributed by atoms with Crippen LogP contribution in [0.2, 0.25) is 0 Å². The molecule has 0 aromatic heterocycles. The van der Waals surface area contributed by atoms with Gasteiger partial charge >= 0.3 is 12.3 Å². The average molecular weight is 265 g/mol. The van der Waals surface area contributed by atoms with Crippen LogP contribution in [0.25, 0.3) is 0 Å². The lowest BCUT2D eigenvalue weighted by Crippen LogP contribution is -2.36. The van der Waals surface area contributed by atoms with Gasteiger partial charge in [-0.05, 0) is 17.7 Å². The van der Waals surface area contributed by atoms with Gasteiger partial charge in [-0.3, -0.25) is 4.79 Å². The summed E-state index contributed by atoms with van der Waals surface area (Å²) in [6, 6.07) is 2.70. The van der Waals surface area contributed by atoms with Crippen LogP contribution in [0.5, 0.6) is 5.75 Å². The van der Waals surface area contributed by atoms with Gasteiger partial charge in [-0.25, -0.2) is 0 Å². The van der Waals surface area contributed by atoms with E-state index in [2.05, 4.69) is 4.74 Å². The summed E-state index contributed by atoms with van der Waals surface area (Å²) in [4.78, 5) is 10.5. The maximum atomic E-state index is 12.0. The standard InChI is InChI=1S/C10H10F3NO4/c11-10(12,13)18-6-3-1-2-5(4-6)8(15)7(14)9(16)17/h1-4,7-8,15H,14H2,(H,16,17). The van der Waals surface area contributed by atoms with E-state index in [0.717, 1.165) is 12.1 Å². The molecule has 0 heterocycles. The summed E-state index contributed by atoms with van der Waals surface area (Å²) in [5.74, 6) is -2.03. The second kappa shape index (κ2) is 5.23. The largest absolute Gasteiger partial charge is 0.573 e. The number of hydrogen-bond acceptors (Lipinski definition) is 4. The first kappa shape index (κ1) is 14.3. The van der Waals surface area contributed by atoms with Crippen molar-refractivity contribution in [2.24, 2.45) is 5.73 Å². The van der Waals surface area contributed by atoms with E-state index in [-0.39, 0.29) is 5.56 Å². The van der Waals surface area contributed by atoms with Crippen LogP contribution in [-0.4, -0.2) is 28.6 Å². The molecule has 18 heavy (non-hydrogen) atoms. The van der Waals surface area contributed by atoms with Gasteiger partial charge in [0.1, 0.15) is 17.9 Å². The fourth-order valence-corrected chi connectivity index (χ4v) is 1.24. The summed E-state index contributed by atoms with van der Waals surface area (Å²) in [6.07, 6.45) is -6.49. The Morgan fingerprint density at radius 2 is 2.00 bits per heavy atom. The third-order valence-corrected chi connectivity index (χ3v) is 2.06. The van der Waals surface area contributed by atoms with Crippen LogP contribution in [0, 0.1) is 0 Å². The molecule has 0 aliphatic rings. The molecule has 4 N–H and O–H groups in total. The molecule has 1 aromatic rings. The molecule has 100 valence electrons. The number of aliphatic hydroxyl groups is 1. The SMILES string of the molecule is NC(C(=O)O)C(O)c1cccc(OC(F)(F)F)c1. The number of benzene rings is 1. The number of rotatable bonds is 4. The third-order valence-electron chi connectivity index (χ3n) is 2.06. The van der Waals surface area contributed by atoms with Gasteiger partial charge in [0, 0.05) is 0 Å². The molecule has 0 fully saturated rings. The van der Waals surface area contributed by atoms with Crippen molar-refractivity contribution in [3.63, 3.8) is 0 Å². The molecular weight excluding hydrogens is 255 g/mol. The quantitative estimate of drug-likeness (QED) is 0.756. The predicted molar refractivity (Wildman–Crippen MR) is 53.7 cm³/mol. The highest BCUT2D eigenvalue weighted by atomic mass is 19.4. The van der Waals surface area contributed by atoms with Gasteiger partial charge in [0.2, 0.25) is 0 Å². The number of aliphatic carboxylic acids is 1. The molecule has 0 radical (unpaired) electrons. The van der Waals surface area contributed by atoms with Crippen LogP contribution >= 0.6 is 0 Å². The zero-order chi connectivity index (χ0) is 13.9. The van der Waals surface area contributed by atoms with Gasteiger partial charge in [0.25, 0.3) is 0 Å². The Labute approximate surface area is 99.6 Å². The Bertz CT molecular complexity index is 435. The highest BCUT2D eigenvalue weighted by Gasteiger charge is 2.31. The van der Waals surface area contributed by atoms with Gasteiger partial charge in [0.05, 0.1) is 0 Å². The van der Waals surface area contributed by atoms with Gasteiger partial charge in [-0.1, -0.05) is 12.1 Å². The monoisotopic (exact) mass is 265 g/mol. The molecule has 0 aliphatic carbocycles. The van der Waals surface area contributed by atoms with E-state index in [1.165, 1.54) is 12.1 Å². The van der Waals surface area contributed by atoms with E-state index in [1.807, 2.05) is 0 Å². The number of aliphatic hydroxyl groups excluding tert-OH is 1. The summed E-state index contributed by atoms with van der Waals surface area (Å²) < 4.78 is 39.5. The lowest BCUT2D eigenvalue weighted by Gasteiger charge is -2.16. The molecule has 0 amide bonds. The zero-order valence-electron chi connectivity index (χ0n) is 8.89. The zero-order valence-corrected chi connectivity index (χ0v) is 8.89. The molecule has 0 saturated carbocycles. The number of carbonyl (C=O) groups is 1. The fourth-order valence-electron chi connectivity index (χ4n) is 1.24. The van der Waals surface area contributed by atoms with Crippen LogP contribution in [0.4, 0.5) is 13.2 Å². The Morgan fingerprint density at radius 3 is 2.50 bits per heavy atom. The van der Waals surface area contributed by atoms with Gasteiger partial charge in [-0.15, -0.1) is 13.2 Å². The van der Waals surface area contributed by atoms with Crippen molar-refractivity contribution in [2.45, 2.75) is 18.5 Å². The molecule has 0 saturated heterocycles. The second-order valence-electron chi connectivity index (χ2n) is 3.43. The van der Waals surface area contributed by atoms with Crippen molar-refractivity contribution in [3.05, 3.63) is 29.8 Å². The second-order valence-corrected chi connectivity index (χ2v) is 3.43. The van der Waals surface area contributed by atoms with Gasteiger partial charge < -0.3 is 20.7 Å². The number of carboxylic acid groups (broad SMARTS) is 1. The van der Waals surface area contributed by atoms with Crippen LogP contribution in [0.15, 0.2) is 24.3 Å². The van der Waals surface area contributed by atoms with Crippen LogP contribution in [-0.2, 0) is 4.79 Å². The number of alkyl halides is 3. The third kappa shape index (κ3) is 3.90. The van der Waals surface area contributed by atoms with Crippen molar-refractivity contribution in [1.82, 2.24) is 0 Å². The van der Waals surface area contributed by atoms with E-state index < -0.39 is 30.2 Å². The molecular formula is C10H10F3NO4. The van der Waals surface area contributed by atoms with Crippen LogP contribution < -0.4 is 10.5 Å². The van der Waals surface area contributed by atoms with Crippen molar-refractivity contribution in [1.29, 1.82) is 0 Å². The molecule has 8 heteroatoms.